The van der Waals surface area contributed by atoms with Crippen LogP contribution < -0.4 is 9.62 Å². The molecule has 1 aliphatic heterocycles. The van der Waals surface area contributed by atoms with Crippen molar-refractivity contribution in [1.29, 1.82) is 0 Å². The Kier molecular flexibility index (Phi) is 6.55. The Labute approximate surface area is 196 Å². The smallest absolute Gasteiger partial charge is 0.252 e. The minimum atomic E-state index is -3.76. The zero-order chi connectivity index (χ0) is 22.7. The standard InChI is InChI=1S/C24H22BrN3O3S/c1-17-5-11-21(12-6-17)32(30,31)27-22(19-7-9-20(25)10-8-19)14-18-15-24(29)28(16-18)23-4-2-3-13-26-23/h2-13,15,22,27H,14,16H2,1H3. The Morgan fingerprint density at radius 1 is 1.06 bits per heavy atom. The Hall–Kier alpha value is -2.81. The maximum atomic E-state index is 13.1. The zero-order valence-electron chi connectivity index (χ0n) is 17.4. The molecule has 1 unspecified atom stereocenters. The second-order valence-corrected chi connectivity index (χ2v) is 10.3. The Balaban J connectivity index is 1.59. The molecular weight excluding hydrogens is 490 g/mol. The predicted octanol–water partition coefficient (Wildman–Crippen LogP) is 4.54. The molecule has 1 amide bonds. The highest BCUT2D eigenvalue weighted by molar-refractivity contribution is 9.10. The molecule has 1 aromatic heterocycles. The van der Waals surface area contributed by atoms with E-state index in [4.69, 9.17) is 0 Å². The minimum absolute atomic E-state index is 0.158. The molecule has 0 fully saturated rings. The molecule has 0 saturated carbocycles. The van der Waals surface area contributed by atoms with Gasteiger partial charge in [-0.1, -0.05) is 51.8 Å². The molecule has 8 heteroatoms. The number of rotatable bonds is 7. The lowest BCUT2D eigenvalue weighted by Gasteiger charge is -2.21. The van der Waals surface area contributed by atoms with Crippen LogP contribution >= 0.6 is 15.9 Å². The van der Waals surface area contributed by atoms with Gasteiger partial charge in [0.05, 0.1) is 10.9 Å². The zero-order valence-corrected chi connectivity index (χ0v) is 19.8. The van der Waals surface area contributed by atoms with Crippen LogP contribution in [0.1, 0.15) is 23.6 Å². The number of sulfonamides is 1. The van der Waals surface area contributed by atoms with E-state index in [9.17, 15) is 13.2 Å². The summed E-state index contributed by atoms with van der Waals surface area (Å²) in [6.07, 6.45) is 3.57. The summed E-state index contributed by atoms with van der Waals surface area (Å²) in [5, 5.41) is 0. The average molecular weight is 512 g/mol. The van der Waals surface area contributed by atoms with Crippen molar-refractivity contribution in [1.82, 2.24) is 9.71 Å². The van der Waals surface area contributed by atoms with E-state index in [-0.39, 0.29) is 10.8 Å². The first kappa shape index (κ1) is 22.4. The van der Waals surface area contributed by atoms with Crippen molar-refractivity contribution >= 4 is 37.7 Å². The summed E-state index contributed by atoms with van der Waals surface area (Å²) in [4.78, 5) is 18.6. The van der Waals surface area contributed by atoms with Gasteiger partial charge in [-0.2, -0.15) is 0 Å². The Morgan fingerprint density at radius 2 is 1.78 bits per heavy atom. The summed E-state index contributed by atoms with van der Waals surface area (Å²) in [6.45, 7) is 2.28. The van der Waals surface area contributed by atoms with Crippen molar-refractivity contribution in [2.45, 2.75) is 24.3 Å². The number of nitrogens with zero attached hydrogens (tertiary/aromatic N) is 2. The number of carbonyl (C=O) groups excluding carboxylic acids is 1. The molecule has 1 atom stereocenters. The fourth-order valence-corrected chi connectivity index (χ4v) is 5.06. The quantitative estimate of drug-likeness (QED) is 0.505. The van der Waals surface area contributed by atoms with E-state index >= 15 is 0 Å². The van der Waals surface area contributed by atoms with Crippen molar-refractivity contribution in [3.05, 3.63) is 100 Å². The van der Waals surface area contributed by atoms with Gasteiger partial charge < -0.3 is 0 Å². The molecule has 32 heavy (non-hydrogen) atoms. The van der Waals surface area contributed by atoms with Crippen LogP contribution in [0.15, 0.2) is 93.9 Å². The van der Waals surface area contributed by atoms with Crippen LogP contribution in [0.5, 0.6) is 0 Å². The number of nitrogens with one attached hydrogen (secondary N) is 1. The van der Waals surface area contributed by atoms with E-state index in [1.807, 2.05) is 37.3 Å². The van der Waals surface area contributed by atoms with Gasteiger partial charge >= 0.3 is 0 Å². The van der Waals surface area contributed by atoms with Crippen LogP contribution in [0, 0.1) is 6.92 Å². The normalized spacial score (nSPS) is 15.0. The summed E-state index contributed by atoms with van der Waals surface area (Å²) >= 11 is 3.42. The number of carbonyl (C=O) groups is 1. The number of benzene rings is 2. The largest absolute Gasteiger partial charge is 0.289 e. The number of halogens is 1. The van der Waals surface area contributed by atoms with Crippen LogP contribution in [0.25, 0.3) is 0 Å². The highest BCUT2D eigenvalue weighted by Crippen LogP contribution is 2.29. The van der Waals surface area contributed by atoms with Crippen LogP contribution in [-0.2, 0) is 14.8 Å². The van der Waals surface area contributed by atoms with Gasteiger partial charge in [0.15, 0.2) is 0 Å². The second kappa shape index (κ2) is 9.36. The van der Waals surface area contributed by atoms with Crippen molar-refractivity contribution in [2.24, 2.45) is 0 Å². The van der Waals surface area contributed by atoms with Crippen molar-refractivity contribution < 1.29 is 13.2 Å². The minimum Gasteiger partial charge on any atom is -0.289 e. The molecule has 4 rings (SSSR count). The van der Waals surface area contributed by atoms with Gasteiger partial charge in [0.25, 0.3) is 5.91 Å². The summed E-state index contributed by atoms with van der Waals surface area (Å²) < 4.78 is 29.9. The third-order valence-electron chi connectivity index (χ3n) is 5.25. The monoisotopic (exact) mass is 511 g/mol. The van der Waals surface area contributed by atoms with Crippen LogP contribution in [0.4, 0.5) is 5.82 Å². The predicted molar refractivity (Wildman–Crippen MR) is 128 cm³/mol. The fourth-order valence-electron chi connectivity index (χ4n) is 3.57. The van der Waals surface area contributed by atoms with E-state index in [0.29, 0.717) is 18.8 Å². The fraction of sp³-hybridized carbons (Fsp3) is 0.167. The van der Waals surface area contributed by atoms with Gasteiger partial charge in [-0.05, 0) is 60.9 Å². The highest BCUT2D eigenvalue weighted by atomic mass is 79.9. The summed E-state index contributed by atoms with van der Waals surface area (Å²) in [6, 6.07) is 19.1. The van der Waals surface area contributed by atoms with E-state index in [1.165, 1.54) is 0 Å². The Bertz CT molecular complexity index is 1240. The molecule has 0 saturated heterocycles. The van der Waals surface area contributed by atoms with Crippen LogP contribution in [0.2, 0.25) is 0 Å². The highest BCUT2D eigenvalue weighted by Gasteiger charge is 2.28. The first-order valence-corrected chi connectivity index (χ1v) is 12.4. The van der Waals surface area contributed by atoms with E-state index in [1.54, 1.807) is 53.6 Å². The molecule has 164 valence electrons. The van der Waals surface area contributed by atoms with Gasteiger partial charge in [0.1, 0.15) is 5.82 Å². The molecule has 0 aliphatic carbocycles. The number of pyridine rings is 1. The van der Waals surface area contributed by atoms with Crippen molar-refractivity contribution in [3.8, 4) is 0 Å². The van der Waals surface area contributed by atoms with E-state index in [2.05, 4.69) is 25.6 Å². The topological polar surface area (TPSA) is 79.4 Å². The van der Waals surface area contributed by atoms with Crippen molar-refractivity contribution in [3.63, 3.8) is 0 Å². The third kappa shape index (κ3) is 5.15. The lowest BCUT2D eigenvalue weighted by molar-refractivity contribution is -0.113. The number of aromatic nitrogens is 1. The van der Waals surface area contributed by atoms with Gasteiger partial charge in [-0.15, -0.1) is 0 Å². The lowest BCUT2D eigenvalue weighted by atomic mass is 10.0. The Morgan fingerprint density at radius 3 is 2.44 bits per heavy atom. The summed E-state index contributed by atoms with van der Waals surface area (Å²) in [5.41, 5.74) is 2.63. The van der Waals surface area contributed by atoms with Crippen molar-refractivity contribution in [2.75, 3.05) is 11.4 Å². The van der Waals surface area contributed by atoms with E-state index < -0.39 is 16.1 Å². The van der Waals surface area contributed by atoms with E-state index in [0.717, 1.165) is 21.2 Å². The average Bonchev–Trinajstić information content (AvgIpc) is 3.14. The summed E-state index contributed by atoms with van der Waals surface area (Å²) in [7, 11) is -3.76. The first-order chi connectivity index (χ1) is 15.3. The molecule has 0 spiro atoms. The second-order valence-electron chi connectivity index (χ2n) is 7.66. The molecule has 6 nitrogen and oxygen atoms in total. The maximum Gasteiger partial charge on any atom is 0.252 e. The number of hydrogen-bond acceptors (Lipinski definition) is 4. The van der Waals surface area contributed by atoms with Gasteiger partial charge in [0.2, 0.25) is 10.0 Å². The van der Waals surface area contributed by atoms with Crippen LogP contribution in [0.3, 0.4) is 0 Å². The molecule has 3 aromatic rings. The SMILES string of the molecule is Cc1ccc(S(=O)(=O)NC(CC2=CC(=O)N(c3ccccn3)C2)c2ccc(Br)cc2)cc1. The molecule has 1 N–H and O–H groups in total. The van der Waals surface area contributed by atoms with Gasteiger partial charge in [-0.25, -0.2) is 18.1 Å². The number of hydrogen-bond donors (Lipinski definition) is 1. The lowest BCUT2D eigenvalue weighted by Crippen LogP contribution is -2.30. The number of aryl methyl sites for hydroxylation is 1. The molecular formula is C24H22BrN3O3S. The molecule has 0 radical (unpaired) electrons. The van der Waals surface area contributed by atoms with Gasteiger partial charge in [0, 0.05) is 23.3 Å². The molecule has 2 heterocycles. The third-order valence-corrected chi connectivity index (χ3v) is 7.26. The van der Waals surface area contributed by atoms with Gasteiger partial charge in [-0.3, -0.25) is 9.69 Å². The maximum absolute atomic E-state index is 13.1. The number of amides is 1. The molecule has 2 aromatic carbocycles. The number of anilines is 1. The molecule has 0 bridgehead atoms. The summed E-state index contributed by atoms with van der Waals surface area (Å²) in [5.74, 6) is 0.416. The molecule has 1 aliphatic rings. The van der Waals surface area contributed by atoms with Crippen LogP contribution in [-0.4, -0.2) is 25.9 Å². The first-order valence-electron chi connectivity index (χ1n) is 10.1.